The van der Waals surface area contributed by atoms with Gasteiger partial charge in [-0.05, 0) is 44.9 Å². The van der Waals surface area contributed by atoms with E-state index in [2.05, 4.69) is 12.2 Å². The third kappa shape index (κ3) is 3.47. The summed E-state index contributed by atoms with van der Waals surface area (Å²) in [5, 5.41) is 11.9. The Kier molecular flexibility index (Phi) is 5.17. The molecule has 1 aliphatic carbocycles. The van der Waals surface area contributed by atoms with Gasteiger partial charge in [-0.2, -0.15) is 0 Å². The van der Waals surface area contributed by atoms with Crippen molar-refractivity contribution in [3.8, 4) is 0 Å². The van der Waals surface area contributed by atoms with Crippen molar-refractivity contribution < 1.29 is 14.7 Å². The van der Waals surface area contributed by atoms with Crippen molar-refractivity contribution in [2.24, 2.45) is 11.8 Å². The second-order valence-electron chi connectivity index (χ2n) is 5.61. The average molecular weight is 255 g/mol. The van der Waals surface area contributed by atoms with Crippen LogP contribution >= 0.6 is 0 Å². The molecule has 4 nitrogen and oxygen atoms in total. The van der Waals surface area contributed by atoms with Gasteiger partial charge in [-0.15, -0.1) is 0 Å². The maximum atomic E-state index is 12.1. The summed E-state index contributed by atoms with van der Waals surface area (Å²) in [6, 6.07) is 0. The Balaban J connectivity index is 2.53. The summed E-state index contributed by atoms with van der Waals surface area (Å²) in [4.78, 5) is 23.3. The molecule has 18 heavy (non-hydrogen) atoms. The number of rotatable bonds is 5. The molecule has 0 saturated heterocycles. The summed E-state index contributed by atoms with van der Waals surface area (Å²) in [7, 11) is 0. The Morgan fingerprint density at radius 2 is 1.78 bits per heavy atom. The fraction of sp³-hybridized carbons (Fsp3) is 0.857. The number of amides is 1. The molecule has 0 aromatic carbocycles. The van der Waals surface area contributed by atoms with Crippen LogP contribution < -0.4 is 5.32 Å². The lowest BCUT2D eigenvalue weighted by Gasteiger charge is -2.31. The second kappa shape index (κ2) is 6.21. The molecule has 0 radical (unpaired) electrons. The fourth-order valence-electron chi connectivity index (χ4n) is 2.50. The van der Waals surface area contributed by atoms with Gasteiger partial charge in [0, 0.05) is 5.92 Å². The van der Waals surface area contributed by atoms with E-state index in [9.17, 15) is 9.59 Å². The van der Waals surface area contributed by atoms with Crippen molar-refractivity contribution in [1.29, 1.82) is 0 Å². The van der Waals surface area contributed by atoms with Crippen LogP contribution in [0.3, 0.4) is 0 Å². The Hall–Kier alpha value is -1.06. The topological polar surface area (TPSA) is 66.4 Å². The van der Waals surface area contributed by atoms with Gasteiger partial charge in [-0.1, -0.05) is 20.3 Å². The molecule has 1 atom stereocenters. The van der Waals surface area contributed by atoms with E-state index in [1.165, 1.54) is 6.42 Å². The molecule has 0 aliphatic heterocycles. The summed E-state index contributed by atoms with van der Waals surface area (Å²) in [6.45, 7) is 5.54. The highest BCUT2D eigenvalue weighted by Crippen LogP contribution is 2.31. The third-order valence-electron chi connectivity index (χ3n) is 4.37. The lowest BCUT2D eigenvalue weighted by atomic mass is 9.80. The number of nitrogens with one attached hydrogen (secondary N) is 1. The summed E-state index contributed by atoms with van der Waals surface area (Å²) in [5.41, 5.74) is -1.13. The van der Waals surface area contributed by atoms with Crippen molar-refractivity contribution in [3.63, 3.8) is 0 Å². The minimum Gasteiger partial charge on any atom is -0.480 e. The van der Waals surface area contributed by atoms with Crippen molar-refractivity contribution >= 4 is 11.9 Å². The van der Waals surface area contributed by atoms with Crippen molar-refractivity contribution in [3.05, 3.63) is 0 Å². The molecule has 0 bridgehead atoms. The van der Waals surface area contributed by atoms with Crippen LogP contribution in [0, 0.1) is 11.8 Å². The average Bonchev–Trinajstić information content (AvgIpc) is 2.38. The Labute approximate surface area is 109 Å². The number of hydrogen-bond acceptors (Lipinski definition) is 2. The van der Waals surface area contributed by atoms with Gasteiger partial charge in [-0.3, -0.25) is 4.79 Å². The van der Waals surface area contributed by atoms with E-state index in [0.29, 0.717) is 6.42 Å². The molecule has 1 unspecified atom stereocenters. The van der Waals surface area contributed by atoms with Gasteiger partial charge in [0.25, 0.3) is 0 Å². The van der Waals surface area contributed by atoms with Gasteiger partial charge >= 0.3 is 5.97 Å². The van der Waals surface area contributed by atoms with Crippen LogP contribution in [0.15, 0.2) is 0 Å². The predicted octanol–water partition coefficient (Wildman–Crippen LogP) is 2.57. The van der Waals surface area contributed by atoms with E-state index >= 15 is 0 Å². The molecule has 0 spiro atoms. The standard InChI is InChI=1S/C14H25NO3/c1-4-10-6-8-11(9-7-10)12(16)15-14(3,5-2)13(17)18/h10-11H,4-9H2,1-3H3,(H,15,16)(H,17,18). The highest BCUT2D eigenvalue weighted by atomic mass is 16.4. The summed E-state index contributed by atoms with van der Waals surface area (Å²) < 4.78 is 0. The van der Waals surface area contributed by atoms with Crippen LogP contribution in [-0.2, 0) is 9.59 Å². The smallest absolute Gasteiger partial charge is 0.329 e. The van der Waals surface area contributed by atoms with E-state index < -0.39 is 11.5 Å². The lowest BCUT2D eigenvalue weighted by molar-refractivity contribution is -0.148. The lowest BCUT2D eigenvalue weighted by Crippen LogP contribution is -2.53. The quantitative estimate of drug-likeness (QED) is 0.793. The molecular weight excluding hydrogens is 230 g/mol. The minimum absolute atomic E-state index is 0.00183. The molecule has 1 fully saturated rings. The normalized spacial score (nSPS) is 27.3. The first-order chi connectivity index (χ1) is 8.42. The van der Waals surface area contributed by atoms with Gasteiger partial charge in [0.05, 0.1) is 0 Å². The number of carboxylic acid groups (broad SMARTS) is 1. The van der Waals surface area contributed by atoms with Crippen molar-refractivity contribution in [2.45, 2.75) is 64.8 Å². The molecule has 104 valence electrons. The third-order valence-corrected chi connectivity index (χ3v) is 4.37. The first kappa shape index (κ1) is 15.0. The van der Waals surface area contributed by atoms with E-state index in [1.54, 1.807) is 13.8 Å². The minimum atomic E-state index is -1.13. The monoisotopic (exact) mass is 255 g/mol. The van der Waals surface area contributed by atoms with Crippen molar-refractivity contribution in [1.82, 2.24) is 5.32 Å². The number of hydrogen-bond donors (Lipinski definition) is 2. The highest BCUT2D eigenvalue weighted by molar-refractivity contribution is 5.87. The molecule has 1 aliphatic rings. The zero-order chi connectivity index (χ0) is 13.8. The van der Waals surface area contributed by atoms with Gasteiger partial charge in [0.1, 0.15) is 5.54 Å². The first-order valence-electron chi connectivity index (χ1n) is 6.98. The van der Waals surface area contributed by atoms with Crippen LogP contribution in [-0.4, -0.2) is 22.5 Å². The molecular formula is C14H25NO3. The largest absolute Gasteiger partial charge is 0.480 e. The van der Waals surface area contributed by atoms with Gasteiger partial charge in [0.2, 0.25) is 5.91 Å². The molecule has 0 aromatic heterocycles. The molecule has 1 rings (SSSR count). The number of carbonyl (C=O) groups excluding carboxylic acids is 1. The fourth-order valence-corrected chi connectivity index (χ4v) is 2.50. The Morgan fingerprint density at radius 3 is 2.17 bits per heavy atom. The van der Waals surface area contributed by atoms with Crippen LogP contribution in [0.1, 0.15) is 59.3 Å². The maximum Gasteiger partial charge on any atom is 0.329 e. The highest BCUT2D eigenvalue weighted by Gasteiger charge is 2.35. The molecule has 2 N–H and O–H groups in total. The van der Waals surface area contributed by atoms with E-state index in [-0.39, 0.29) is 11.8 Å². The zero-order valence-corrected chi connectivity index (χ0v) is 11.7. The summed E-state index contributed by atoms with van der Waals surface area (Å²) in [5.74, 6) is -0.305. The number of carbonyl (C=O) groups is 2. The maximum absolute atomic E-state index is 12.1. The van der Waals surface area contributed by atoms with Gasteiger partial charge in [-0.25, -0.2) is 4.79 Å². The van der Waals surface area contributed by atoms with Gasteiger partial charge < -0.3 is 10.4 Å². The molecule has 0 heterocycles. The molecule has 4 heteroatoms. The van der Waals surface area contributed by atoms with Crippen LogP contribution in [0.25, 0.3) is 0 Å². The van der Waals surface area contributed by atoms with E-state index in [0.717, 1.165) is 31.6 Å². The number of carboxylic acids is 1. The van der Waals surface area contributed by atoms with Crippen LogP contribution in [0.4, 0.5) is 0 Å². The SMILES string of the molecule is CCC1CCC(C(=O)NC(C)(CC)C(=O)O)CC1. The van der Waals surface area contributed by atoms with Crippen LogP contribution in [0.5, 0.6) is 0 Å². The van der Waals surface area contributed by atoms with Crippen LogP contribution in [0.2, 0.25) is 0 Å². The number of aliphatic carboxylic acids is 1. The molecule has 1 saturated carbocycles. The Bertz CT molecular complexity index is 308. The summed E-state index contributed by atoms with van der Waals surface area (Å²) in [6.07, 6.45) is 5.54. The Morgan fingerprint density at radius 1 is 1.22 bits per heavy atom. The predicted molar refractivity (Wildman–Crippen MR) is 70.2 cm³/mol. The zero-order valence-electron chi connectivity index (χ0n) is 11.7. The molecule has 0 aromatic rings. The first-order valence-corrected chi connectivity index (χ1v) is 6.98. The van der Waals surface area contributed by atoms with E-state index in [1.807, 2.05) is 0 Å². The van der Waals surface area contributed by atoms with Crippen molar-refractivity contribution in [2.75, 3.05) is 0 Å². The summed E-state index contributed by atoms with van der Waals surface area (Å²) >= 11 is 0. The second-order valence-corrected chi connectivity index (χ2v) is 5.61. The van der Waals surface area contributed by atoms with E-state index in [4.69, 9.17) is 5.11 Å². The van der Waals surface area contributed by atoms with Gasteiger partial charge in [0.15, 0.2) is 0 Å². The molecule has 1 amide bonds.